The fourth-order valence-electron chi connectivity index (χ4n) is 1.57. The van der Waals surface area contributed by atoms with Crippen LogP contribution in [0.25, 0.3) is 0 Å². The summed E-state index contributed by atoms with van der Waals surface area (Å²) in [5.41, 5.74) is 5.82. The predicted molar refractivity (Wildman–Crippen MR) is 61.0 cm³/mol. The first kappa shape index (κ1) is 13.1. The molecule has 90 valence electrons. The Balaban J connectivity index is 2.65. The minimum absolute atomic E-state index is 0.354. The van der Waals surface area contributed by atoms with Crippen LogP contribution in [-0.2, 0) is 6.54 Å². The maximum atomic E-state index is 13.4. The molecular formula is C12H18F2N2. The Bertz CT molecular complexity index is 329. The average molecular weight is 228 g/mol. The molecule has 1 aromatic rings. The van der Waals surface area contributed by atoms with E-state index in [1.165, 1.54) is 12.1 Å². The molecule has 0 heterocycles. The molecule has 0 bridgehead atoms. The highest BCUT2D eigenvalue weighted by Gasteiger charge is 2.08. The van der Waals surface area contributed by atoms with Crippen molar-refractivity contribution in [2.75, 3.05) is 19.6 Å². The zero-order chi connectivity index (χ0) is 12.0. The zero-order valence-electron chi connectivity index (χ0n) is 9.55. The zero-order valence-corrected chi connectivity index (χ0v) is 9.55. The SMILES string of the molecule is CCN(CCCN)Cc1cc(F)ccc1F. The summed E-state index contributed by atoms with van der Waals surface area (Å²) in [5, 5.41) is 0. The van der Waals surface area contributed by atoms with Crippen LogP contribution >= 0.6 is 0 Å². The van der Waals surface area contributed by atoms with Gasteiger partial charge in [0.15, 0.2) is 0 Å². The van der Waals surface area contributed by atoms with Gasteiger partial charge in [-0.2, -0.15) is 0 Å². The molecule has 0 fully saturated rings. The summed E-state index contributed by atoms with van der Waals surface area (Å²) in [7, 11) is 0. The van der Waals surface area contributed by atoms with E-state index in [0.717, 1.165) is 25.6 Å². The normalized spacial score (nSPS) is 11.1. The summed E-state index contributed by atoms with van der Waals surface area (Å²) >= 11 is 0. The van der Waals surface area contributed by atoms with E-state index >= 15 is 0 Å². The highest BCUT2D eigenvalue weighted by molar-refractivity contribution is 5.18. The lowest BCUT2D eigenvalue weighted by molar-refractivity contribution is 0.273. The van der Waals surface area contributed by atoms with Crippen molar-refractivity contribution in [2.45, 2.75) is 19.9 Å². The first-order chi connectivity index (χ1) is 7.67. The maximum absolute atomic E-state index is 13.4. The van der Waals surface area contributed by atoms with Crippen LogP contribution in [0.1, 0.15) is 18.9 Å². The van der Waals surface area contributed by atoms with Gasteiger partial charge in [-0.15, -0.1) is 0 Å². The molecule has 4 heteroatoms. The van der Waals surface area contributed by atoms with Crippen molar-refractivity contribution in [1.29, 1.82) is 0 Å². The van der Waals surface area contributed by atoms with Crippen molar-refractivity contribution >= 4 is 0 Å². The molecule has 0 saturated heterocycles. The van der Waals surface area contributed by atoms with Crippen LogP contribution in [-0.4, -0.2) is 24.5 Å². The number of nitrogens with zero attached hydrogens (tertiary/aromatic N) is 1. The Morgan fingerprint density at radius 1 is 1.31 bits per heavy atom. The second-order valence-corrected chi connectivity index (χ2v) is 3.75. The van der Waals surface area contributed by atoms with Crippen molar-refractivity contribution in [1.82, 2.24) is 4.90 Å². The van der Waals surface area contributed by atoms with E-state index in [2.05, 4.69) is 0 Å². The topological polar surface area (TPSA) is 29.3 Å². The Labute approximate surface area is 95.1 Å². The first-order valence-electron chi connectivity index (χ1n) is 5.53. The number of benzene rings is 1. The number of halogens is 2. The molecule has 0 amide bonds. The number of nitrogens with two attached hydrogens (primary N) is 1. The van der Waals surface area contributed by atoms with Gasteiger partial charge in [0.2, 0.25) is 0 Å². The summed E-state index contributed by atoms with van der Waals surface area (Å²) in [6, 6.07) is 3.55. The Morgan fingerprint density at radius 2 is 2.06 bits per heavy atom. The van der Waals surface area contributed by atoms with E-state index in [4.69, 9.17) is 5.73 Å². The smallest absolute Gasteiger partial charge is 0.127 e. The molecule has 0 aliphatic heterocycles. The van der Waals surface area contributed by atoms with Crippen LogP contribution in [0.4, 0.5) is 8.78 Å². The van der Waals surface area contributed by atoms with Gasteiger partial charge in [0.1, 0.15) is 11.6 Å². The van der Waals surface area contributed by atoms with E-state index in [1.54, 1.807) is 0 Å². The van der Waals surface area contributed by atoms with Crippen molar-refractivity contribution in [2.24, 2.45) is 5.73 Å². The molecular weight excluding hydrogens is 210 g/mol. The quantitative estimate of drug-likeness (QED) is 0.808. The molecule has 0 aliphatic carbocycles. The molecule has 0 aliphatic rings. The van der Waals surface area contributed by atoms with Crippen molar-refractivity contribution in [3.63, 3.8) is 0 Å². The summed E-state index contributed by atoms with van der Waals surface area (Å²) in [4.78, 5) is 2.05. The molecule has 2 N–H and O–H groups in total. The second-order valence-electron chi connectivity index (χ2n) is 3.75. The van der Waals surface area contributed by atoms with Gasteiger partial charge in [0, 0.05) is 12.1 Å². The Kier molecular flexibility index (Phi) is 5.35. The van der Waals surface area contributed by atoms with E-state index in [1.807, 2.05) is 11.8 Å². The lowest BCUT2D eigenvalue weighted by atomic mass is 10.2. The van der Waals surface area contributed by atoms with Crippen LogP contribution < -0.4 is 5.73 Å². The third-order valence-corrected chi connectivity index (χ3v) is 2.53. The summed E-state index contributed by atoms with van der Waals surface area (Å²) in [5.74, 6) is -0.751. The number of rotatable bonds is 6. The molecule has 16 heavy (non-hydrogen) atoms. The van der Waals surface area contributed by atoms with Crippen LogP contribution in [0.3, 0.4) is 0 Å². The van der Waals surface area contributed by atoms with E-state index in [9.17, 15) is 8.78 Å². The third-order valence-electron chi connectivity index (χ3n) is 2.53. The van der Waals surface area contributed by atoms with E-state index < -0.39 is 5.82 Å². The largest absolute Gasteiger partial charge is 0.330 e. The number of hydrogen-bond donors (Lipinski definition) is 1. The maximum Gasteiger partial charge on any atom is 0.127 e. The monoisotopic (exact) mass is 228 g/mol. The molecule has 1 rings (SSSR count). The Morgan fingerprint density at radius 3 is 2.69 bits per heavy atom. The molecule has 0 aromatic heterocycles. The highest BCUT2D eigenvalue weighted by atomic mass is 19.1. The molecule has 0 radical (unpaired) electrons. The van der Waals surface area contributed by atoms with Gasteiger partial charge >= 0.3 is 0 Å². The highest BCUT2D eigenvalue weighted by Crippen LogP contribution is 2.12. The number of hydrogen-bond acceptors (Lipinski definition) is 2. The fourth-order valence-corrected chi connectivity index (χ4v) is 1.57. The van der Waals surface area contributed by atoms with Crippen molar-refractivity contribution < 1.29 is 8.78 Å². The molecule has 0 atom stereocenters. The standard InChI is InChI=1S/C12H18F2N2/c1-2-16(7-3-6-15)9-10-8-11(13)4-5-12(10)14/h4-5,8H,2-3,6-7,9,15H2,1H3. The molecule has 0 unspecified atom stereocenters. The van der Waals surface area contributed by atoms with Gasteiger partial charge < -0.3 is 5.73 Å². The third kappa shape index (κ3) is 3.87. The van der Waals surface area contributed by atoms with Crippen LogP contribution in [0.15, 0.2) is 18.2 Å². The van der Waals surface area contributed by atoms with Gasteiger partial charge in [-0.05, 0) is 44.3 Å². The minimum atomic E-state index is -0.397. The fraction of sp³-hybridized carbons (Fsp3) is 0.500. The molecule has 2 nitrogen and oxygen atoms in total. The average Bonchev–Trinajstić information content (AvgIpc) is 2.28. The van der Waals surface area contributed by atoms with E-state index in [-0.39, 0.29) is 5.82 Å². The van der Waals surface area contributed by atoms with Crippen LogP contribution in [0.5, 0.6) is 0 Å². The second kappa shape index (κ2) is 6.55. The first-order valence-corrected chi connectivity index (χ1v) is 5.53. The lowest BCUT2D eigenvalue weighted by Gasteiger charge is -2.20. The minimum Gasteiger partial charge on any atom is -0.330 e. The van der Waals surface area contributed by atoms with Crippen molar-refractivity contribution in [3.05, 3.63) is 35.4 Å². The van der Waals surface area contributed by atoms with Gasteiger partial charge in [0.05, 0.1) is 0 Å². The van der Waals surface area contributed by atoms with E-state index in [0.29, 0.717) is 18.7 Å². The van der Waals surface area contributed by atoms with Crippen LogP contribution in [0, 0.1) is 11.6 Å². The molecule has 0 saturated carbocycles. The summed E-state index contributed by atoms with van der Waals surface area (Å²) in [6.45, 7) is 4.65. The predicted octanol–water partition coefficient (Wildman–Crippen LogP) is 2.14. The van der Waals surface area contributed by atoms with Gasteiger partial charge in [0.25, 0.3) is 0 Å². The Hall–Kier alpha value is -1.00. The lowest BCUT2D eigenvalue weighted by Crippen LogP contribution is -2.26. The van der Waals surface area contributed by atoms with Crippen LogP contribution in [0.2, 0.25) is 0 Å². The van der Waals surface area contributed by atoms with Gasteiger partial charge in [-0.3, -0.25) is 4.90 Å². The van der Waals surface area contributed by atoms with Gasteiger partial charge in [-0.1, -0.05) is 6.92 Å². The molecule has 0 spiro atoms. The summed E-state index contributed by atoms with van der Waals surface area (Å²) < 4.78 is 26.3. The summed E-state index contributed by atoms with van der Waals surface area (Å²) in [6.07, 6.45) is 0.866. The van der Waals surface area contributed by atoms with Crippen molar-refractivity contribution in [3.8, 4) is 0 Å². The van der Waals surface area contributed by atoms with Gasteiger partial charge in [-0.25, -0.2) is 8.78 Å². The molecule has 1 aromatic carbocycles.